The van der Waals surface area contributed by atoms with Crippen LogP contribution in [0.25, 0.3) is 110 Å². The van der Waals surface area contributed by atoms with Crippen LogP contribution in [0.5, 0.6) is 0 Å². The van der Waals surface area contributed by atoms with Gasteiger partial charge in [0.2, 0.25) is 5.95 Å². The molecule has 246 valence electrons. The second kappa shape index (κ2) is 10.6. The third-order valence-electron chi connectivity index (χ3n) is 10.9. The van der Waals surface area contributed by atoms with Gasteiger partial charge in [0.1, 0.15) is 11.2 Å². The monoisotopic (exact) mass is 676 g/mol. The highest BCUT2D eigenvalue weighted by molar-refractivity contribution is 6.33. The Morgan fingerprint density at radius 3 is 1.94 bits per heavy atom. The SMILES string of the molecule is c1ccc(-c2nc(-n3c4cc5c6ccccc6n(-c6ccccc6)c5cc4c4c5c(ccc6oc7ccccc7c65)ccc43)nc3ccccc23)cc1. The number of rotatable bonds is 3. The van der Waals surface area contributed by atoms with Crippen molar-refractivity contribution in [2.24, 2.45) is 0 Å². The molecular formula is C48H28N4O. The molecule has 0 saturated carbocycles. The van der Waals surface area contributed by atoms with E-state index in [1.807, 2.05) is 12.1 Å². The van der Waals surface area contributed by atoms with E-state index in [1.165, 1.54) is 21.7 Å². The molecule has 0 aliphatic carbocycles. The maximum Gasteiger partial charge on any atom is 0.235 e. The summed E-state index contributed by atoms with van der Waals surface area (Å²) in [5.41, 5.74) is 10.2. The molecule has 0 N–H and O–H groups in total. The van der Waals surface area contributed by atoms with Crippen molar-refractivity contribution in [3.63, 3.8) is 0 Å². The van der Waals surface area contributed by atoms with Crippen molar-refractivity contribution >= 4 is 87.2 Å². The fourth-order valence-corrected chi connectivity index (χ4v) is 8.65. The van der Waals surface area contributed by atoms with E-state index >= 15 is 0 Å². The summed E-state index contributed by atoms with van der Waals surface area (Å²) in [6.45, 7) is 0. The molecule has 53 heavy (non-hydrogen) atoms. The fourth-order valence-electron chi connectivity index (χ4n) is 8.65. The largest absolute Gasteiger partial charge is 0.456 e. The first-order chi connectivity index (χ1) is 26.3. The third kappa shape index (κ3) is 3.96. The quantitative estimate of drug-likeness (QED) is 0.187. The van der Waals surface area contributed by atoms with Gasteiger partial charge in [-0.1, -0.05) is 115 Å². The van der Waals surface area contributed by atoms with Gasteiger partial charge >= 0.3 is 0 Å². The molecule has 0 spiro atoms. The van der Waals surface area contributed by atoms with E-state index in [4.69, 9.17) is 14.4 Å². The normalized spacial score (nSPS) is 12.2. The Labute approximate surface area is 302 Å². The van der Waals surface area contributed by atoms with E-state index in [0.29, 0.717) is 5.95 Å². The van der Waals surface area contributed by atoms with E-state index in [-0.39, 0.29) is 0 Å². The molecule has 0 unspecified atom stereocenters. The molecule has 0 radical (unpaired) electrons. The summed E-state index contributed by atoms with van der Waals surface area (Å²) >= 11 is 0. The first-order valence-corrected chi connectivity index (χ1v) is 17.9. The average Bonchev–Trinajstić information content (AvgIpc) is 3.87. The van der Waals surface area contributed by atoms with Crippen LogP contribution < -0.4 is 0 Å². The van der Waals surface area contributed by atoms with Gasteiger partial charge in [-0.25, -0.2) is 9.97 Å². The summed E-state index contributed by atoms with van der Waals surface area (Å²) in [4.78, 5) is 10.7. The summed E-state index contributed by atoms with van der Waals surface area (Å²) in [7, 11) is 0. The van der Waals surface area contributed by atoms with E-state index in [9.17, 15) is 0 Å². The van der Waals surface area contributed by atoms with Crippen molar-refractivity contribution in [3.05, 3.63) is 170 Å². The first kappa shape index (κ1) is 28.5. The van der Waals surface area contributed by atoms with Gasteiger partial charge in [0.25, 0.3) is 0 Å². The second-order valence-electron chi connectivity index (χ2n) is 13.8. The van der Waals surface area contributed by atoms with Crippen molar-refractivity contribution in [1.82, 2.24) is 19.1 Å². The Balaban J connectivity index is 1.32. The highest BCUT2D eigenvalue weighted by atomic mass is 16.3. The van der Waals surface area contributed by atoms with Gasteiger partial charge < -0.3 is 8.98 Å². The number of para-hydroxylation sites is 4. The Bertz CT molecular complexity index is 3450. The molecule has 5 heteroatoms. The number of hydrogen-bond acceptors (Lipinski definition) is 3. The molecule has 0 atom stereocenters. The van der Waals surface area contributed by atoms with Crippen LogP contribution in [0.1, 0.15) is 0 Å². The zero-order valence-electron chi connectivity index (χ0n) is 28.4. The highest BCUT2D eigenvalue weighted by Gasteiger charge is 2.23. The first-order valence-electron chi connectivity index (χ1n) is 17.9. The van der Waals surface area contributed by atoms with E-state index in [1.54, 1.807) is 0 Å². The minimum Gasteiger partial charge on any atom is -0.456 e. The standard InChI is InChI=1S/C48H28N4O/c1-3-13-30(14-4-1)47-33-18-7-10-20-37(33)49-48(50-47)52-39-25-23-29-24-26-43-46(34-19-9-12-22-42(34)53-43)44(29)45(39)36-28-40-35(27-41(36)52)32-17-8-11-21-38(32)51(40)31-15-5-2-6-16-31/h1-28H. The van der Waals surface area contributed by atoms with E-state index < -0.39 is 0 Å². The minimum atomic E-state index is 0.636. The summed E-state index contributed by atoms with van der Waals surface area (Å²) in [5.74, 6) is 0.636. The summed E-state index contributed by atoms with van der Waals surface area (Å²) in [6, 6.07) is 59.9. The maximum absolute atomic E-state index is 6.48. The number of benzene rings is 8. The Morgan fingerprint density at radius 1 is 0.396 bits per heavy atom. The lowest BCUT2D eigenvalue weighted by molar-refractivity contribution is 0.669. The molecule has 0 aliphatic heterocycles. The molecule has 8 aromatic carbocycles. The van der Waals surface area contributed by atoms with Gasteiger partial charge in [-0.15, -0.1) is 0 Å². The molecule has 4 heterocycles. The Morgan fingerprint density at radius 2 is 1.08 bits per heavy atom. The summed E-state index contributed by atoms with van der Waals surface area (Å²) < 4.78 is 11.1. The van der Waals surface area contributed by atoms with Gasteiger partial charge in [0.15, 0.2) is 0 Å². The minimum absolute atomic E-state index is 0.636. The van der Waals surface area contributed by atoms with Crippen LogP contribution >= 0.6 is 0 Å². The number of furan rings is 1. The molecule has 12 aromatic rings. The van der Waals surface area contributed by atoms with Crippen molar-refractivity contribution in [3.8, 4) is 22.9 Å². The zero-order valence-corrected chi connectivity index (χ0v) is 28.4. The molecule has 5 nitrogen and oxygen atoms in total. The average molecular weight is 677 g/mol. The lowest BCUT2D eigenvalue weighted by Crippen LogP contribution is -2.03. The van der Waals surface area contributed by atoms with E-state index in [0.717, 1.165) is 82.5 Å². The lowest BCUT2D eigenvalue weighted by atomic mass is 9.98. The van der Waals surface area contributed by atoms with Gasteiger partial charge in [-0.2, -0.15) is 0 Å². The molecule has 12 rings (SSSR count). The maximum atomic E-state index is 6.48. The Hall–Kier alpha value is -7.24. The second-order valence-corrected chi connectivity index (χ2v) is 13.8. The Kier molecular flexibility index (Phi) is 5.71. The zero-order chi connectivity index (χ0) is 34.6. The lowest BCUT2D eigenvalue weighted by Gasteiger charge is -2.12. The molecular weight excluding hydrogens is 649 g/mol. The smallest absolute Gasteiger partial charge is 0.235 e. The van der Waals surface area contributed by atoms with Crippen LogP contribution in [0.4, 0.5) is 0 Å². The van der Waals surface area contributed by atoms with E-state index in [2.05, 4.69) is 167 Å². The summed E-state index contributed by atoms with van der Waals surface area (Å²) in [6.07, 6.45) is 0. The van der Waals surface area contributed by atoms with Crippen LogP contribution in [-0.4, -0.2) is 19.1 Å². The molecule has 0 aliphatic rings. The van der Waals surface area contributed by atoms with Crippen LogP contribution in [0.2, 0.25) is 0 Å². The van der Waals surface area contributed by atoms with Gasteiger partial charge in [0, 0.05) is 54.3 Å². The number of nitrogens with zero attached hydrogens (tertiary/aromatic N) is 4. The topological polar surface area (TPSA) is 48.8 Å². The predicted molar refractivity (Wildman–Crippen MR) is 218 cm³/mol. The number of aromatic nitrogens is 4. The molecule has 4 aromatic heterocycles. The van der Waals surface area contributed by atoms with Crippen molar-refractivity contribution in [1.29, 1.82) is 0 Å². The van der Waals surface area contributed by atoms with Gasteiger partial charge in [0.05, 0.1) is 33.3 Å². The van der Waals surface area contributed by atoms with Crippen LogP contribution in [0, 0.1) is 0 Å². The fraction of sp³-hybridized carbons (Fsp3) is 0. The number of hydrogen-bond donors (Lipinski definition) is 0. The molecule has 0 bridgehead atoms. The summed E-state index contributed by atoms with van der Waals surface area (Å²) in [5, 5.41) is 10.2. The van der Waals surface area contributed by atoms with Crippen molar-refractivity contribution in [2.45, 2.75) is 0 Å². The number of fused-ring (bicyclic) bond motifs is 13. The van der Waals surface area contributed by atoms with Crippen LogP contribution in [0.15, 0.2) is 174 Å². The van der Waals surface area contributed by atoms with Crippen molar-refractivity contribution < 1.29 is 4.42 Å². The predicted octanol–water partition coefficient (Wildman–Crippen LogP) is 12.5. The van der Waals surface area contributed by atoms with Crippen LogP contribution in [0.3, 0.4) is 0 Å². The molecule has 0 fully saturated rings. The van der Waals surface area contributed by atoms with Crippen molar-refractivity contribution in [2.75, 3.05) is 0 Å². The highest BCUT2D eigenvalue weighted by Crippen LogP contribution is 2.45. The van der Waals surface area contributed by atoms with Gasteiger partial charge in [-0.05, 0) is 60.0 Å². The van der Waals surface area contributed by atoms with Crippen LogP contribution in [-0.2, 0) is 0 Å². The molecule has 0 saturated heterocycles. The van der Waals surface area contributed by atoms with Gasteiger partial charge in [-0.3, -0.25) is 4.57 Å². The third-order valence-corrected chi connectivity index (χ3v) is 10.9. The molecule has 0 amide bonds.